The molecule has 27 heavy (non-hydrogen) atoms. The standard InChI is InChI=1S/C18H36N2O5Si2/c1-7-23-15-26-27(5,6)13-10-20(17(4)21)9-12-24-14-19-8-11-25-18(22)16(2)3/h19H,2,7-15H2,1,3-6H3. The Morgan fingerprint density at radius 1 is 1.15 bits per heavy atom. The number of hydrogen-bond acceptors (Lipinski definition) is 6. The molecule has 0 rings (SSSR count). The van der Waals surface area contributed by atoms with Crippen LogP contribution in [-0.4, -0.2) is 85.8 Å². The van der Waals surface area contributed by atoms with Gasteiger partial charge >= 0.3 is 5.97 Å². The van der Waals surface area contributed by atoms with Crippen molar-refractivity contribution in [2.24, 2.45) is 0 Å². The molecule has 0 bridgehead atoms. The SMILES string of the molecule is C=C(C)C(=O)OCCNCOCCN(CC[Si](C)(C)[Si]COCC)C(C)=O. The molecule has 2 radical (unpaired) electrons. The van der Waals surface area contributed by atoms with Gasteiger partial charge < -0.3 is 19.1 Å². The fourth-order valence-electron chi connectivity index (χ4n) is 2.01. The molecule has 0 fully saturated rings. The molecule has 0 aliphatic heterocycles. The van der Waals surface area contributed by atoms with Crippen LogP contribution in [0.15, 0.2) is 12.2 Å². The molecule has 156 valence electrons. The van der Waals surface area contributed by atoms with Gasteiger partial charge in [-0.1, -0.05) is 19.7 Å². The minimum Gasteiger partial charge on any atom is -0.461 e. The lowest BCUT2D eigenvalue weighted by molar-refractivity contribution is -0.138. The Morgan fingerprint density at radius 3 is 2.44 bits per heavy atom. The summed E-state index contributed by atoms with van der Waals surface area (Å²) in [5, 5.41) is 3.03. The van der Waals surface area contributed by atoms with Crippen molar-refractivity contribution in [3.8, 4) is 0 Å². The molecule has 0 aliphatic rings. The lowest BCUT2D eigenvalue weighted by Crippen LogP contribution is -2.43. The number of nitrogens with one attached hydrogen (secondary N) is 1. The normalized spacial score (nSPS) is 11.3. The van der Waals surface area contributed by atoms with E-state index in [9.17, 15) is 9.59 Å². The third-order valence-corrected chi connectivity index (χ3v) is 10.7. The highest BCUT2D eigenvalue weighted by atomic mass is 29.2. The van der Waals surface area contributed by atoms with Crippen LogP contribution in [0.25, 0.3) is 0 Å². The number of amides is 1. The zero-order chi connectivity index (χ0) is 20.7. The smallest absolute Gasteiger partial charge is 0.333 e. The number of nitrogens with zero attached hydrogens (tertiary/aromatic N) is 1. The van der Waals surface area contributed by atoms with Crippen LogP contribution < -0.4 is 5.32 Å². The first-order valence-electron chi connectivity index (χ1n) is 9.39. The topological polar surface area (TPSA) is 77.1 Å². The first-order valence-corrected chi connectivity index (χ1v) is 14.8. The average molecular weight is 417 g/mol. The van der Waals surface area contributed by atoms with Crippen LogP contribution in [0, 0.1) is 0 Å². The quantitative estimate of drug-likeness (QED) is 0.135. The van der Waals surface area contributed by atoms with Gasteiger partial charge in [0.1, 0.15) is 6.61 Å². The molecular weight excluding hydrogens is 380 g/mol. The molecule has 0 aromatic heterocycles. The van der Waals surface area contributed by atoms with E-state index in [4.69, 9.17) is 14.2 Å². The summed E-state index contributed by atoms with van der Waals surface area (Å²) in [6.07, 6.45) is 0.840. The maximum atomic E-state index is 11.8. The van der Waals surface area contributed by atoms with Gasteiger partial charge in [0.25, 0.3) is 0 Å². The molecule has 0 saturated heterocycles. The number of esters is 1. The van der Waals surface area contributed by atoms with Crippen LogP contribution in [0.2, 0.25) is 19.1 Å². The molecule has 1 amide bonds. The summed E-state index contributed by atoms with van der Waals surface area (Å²) in [7, 11) is -0.475. The first kappa shape index (κ1) is 26.0. The minimum absolute atomic E-state index is 0.0798. The van der Waals surface area contributed by atoms with E-state index in [-0.39, 0.29) is 18.5 Å². The third-order valence-electron chi connectivity index (χ3n) is 3.88. The average Bonchev–Trinajstić information content (AvgIpc) is 2.59. The van der Waals surface area contributed by atoms with E-state index in [1.165, 1.54) is 0 Å². The number of ether oxygens (including phenoxy) is 3. The molecule has 9 heteroatoms. The van der Waals surface area contributed by atoms with Crippen molar-refractivity contribution in [2.75, 3.05) is 52.4 Å². The van der Waals surface area contributed by atoms with Gasteiger partial charge in [-0.2, -0.15) is 0 Å². The monoisotopic (exact) mass is 416 g/mol. The van der Waals surface area contributed by atoms with E-state index in [1.54, 1.807) is 13.8 Å². The highest BCUT2D eigenvalue weighted by molar-refractivity contribution is 7.23. The van der Waals surface area contributed by atoms with Crippen LogP contribution in [0.5, 0.6) is 0 Å². The van der Waals surface area contributed by atoms with Crippen LogP contribution in [0.1, 0.15) is 20.8 Å². The van der Waals surface area contributed by atoms with E-state index in [1.807, 2.05) is 11.8 Å². The Bertz CT molecular complexity index is 461. The summed E-state index contributed by atoms with van der Waals surface area (Å²) in [6, 6.07) is 1.07. The van der Waals surface area contributed by atoms with Gasteiger partial charge in [0.2, 0.25) is 5.91 Å². The molecular formula is C18H36N2O5Si2. The zero-order valence-corrected chi connectivity index (χ0v) is 19.6. The van der Waals surface area contributed by atoms with Crippen molar-refractivity contribution in [1.29, 1.82) is 0 Å². The van der Waals surface area contributed by atoms with Crippen LogP contribution in [-0.2, 0) is 23.8 Å². The first-order chi connectivity index (χ1) is 12.7. The van der Waals surface area contributed by atoms with Crippen molar-refractivity contribution < 1.29 is 23.8 Å². The number of hydrogen-bond donors (Lipinski definition) is 1. The summed E-state index contributed by atoms with van der Waals surface area (Å²) in [6.45, 7) is 17.2. The fraction of sp³-hybridized carbons (Fsp3) is 0.778. The van der Waals surface area contributed by atoms with Gasteiger partial charge in [-0.3, -0.25) is 10.1 Å². The second-order valence-corrected chi connectivity index (χ2v) is 17.0. The molecule has 0 heterocycles. The Balaban J connectivity index is 3.88. The maximum Gasteiger partial charge on any atom is 0.333 e. The summed E-state index contributed by atoms with van der Waals surface area (Å²) in [5.41, 5.74) is 0.389. The van der Waals surface area contributed by atoms with Crippen molar-refractivity contribution >= 4 is 28.5 Å². The van der Waals surface area contributed by atoms with E-state index in [0.29, 0.717) is 32.0 Å². The summed E-state index contributed by atoms with van der Waals surface area (Å²) in [5.74, 6) is -0.306. The molecule has 0 atom stereocenters. The molecule has 0 aromatic carbocycles. The van der Waals surface area contributed by atoms with Gasteiger partial charge in [0, 0.05) is 52.6 Å². The number of carbonyl (C=O) groups excluding carboxylic acids is 2. The van der Waals surface area contributed by atoms with Gasteiger partial charge in [-0.15, -0.1) is 0 Å². The fourth-order valence-corrected chi connectivity index (χ4v) is 6.06. The Hall–Kier alpha value is -1.01. The van der Waals surface area contributed by atoms with Crippen LogP contribution >= 0.6 is 0 Å². The van der Waals surface area contributed by atoms with E-state index < -0.39 is 7.59 Å². The Labute approximate surface area is 167 Å². The molecule has 0 spiro atoms. The minimum atomic E-state index is -1.33. The summed E-state index contributed by atoms with van der Waals surface area (Å²) in [4.78, 5) is 24.9. The predicted molar refractivity (Wildman–Crippen MR) is 111 cm³/mol. The number of carbonyl (C=O) groups is 2. The van der Waals surface area contributed by atoms with E-state index in [0.717, 1.165) is 34.5 Å². The predicted octanol–water partition coefficient (Wildman–Crippen LogP) is 1.42. The molecule has 0 saturated carbocycles. The molecule has 0 aromatic rings. The van der Waals surface area contributed by atoms with E-state index >= 15 is 0 Å². The lowest BCUT2D eigenvalue weighted by atomic mass is 10.4. The Morgan fingerprint density at radius 2 is 1.85 bits per heavy atom. The number of rotatable bonds is 16. The summed E-state index contributed by atoms with van der Waals surface area (Å²) < 4.78 is 16.0. The van der Waals surface area contributed by atoms with Crippen LogP contribution in [0.3, 0.4) is 0 Å². The maximum absolute atomic E-state index is 11.8. The third kappa shape index (κ3) is 14.7. The van der Waals surface area contributed by atoms with E-state index in [2.05, 4.69) is 25.0 Å². The van der Waals surface area contributed by atoms with Crippen molar-refractivity contribution in [2.45, 2.75) is 39.9 Å². The van der Waals surface area contributed by atoms with Crippen molar-refractivity contribution in [3.05, 3.63) is 12.2 Å². The van der Waals surface area contributed by atoms with Gasteiger partial charge in [0.05, 0.1) is 22.4 Å². The highest BCUT2D eigenvalue weighted by Crippen LogP contribution is 2.09. The zero-order valence-electron chi connectivity index (χ0n) is 17.6. The van der Waals surface area contributed by atoms with Crippen molar-refractivity contribution in [1.82, 2.24) is 10.2 Å². The van der Waals surface area contributed by atoms with Crippen LogP contribution in [0.4, 0.5) is 0 Å². The van der Waals surface area contributed by atoms with Gasteiger partial charge in [-0.05, 0) is 19.9 Å². The molecule has 7 nitrogen and oxygen atoms in total. The largest absolute Gasteiger partial charge is 0.461 e. The van der Waals surface area contributed by atoms with Gasteiger partial charge in [-0.25, -0.2) is 4.79 Å². The summed E-state index contributed by atoms with van der Waals surface area (Å²) >= 11 is 0. The van der Waals surface area contributed by atoms with Crippen molar-refractivity contribution in [3.63, 3.8) is 0 Å². The second kappa shape index (κ2) is 15.0. The second-order valence-electron chi connectivity index (χ2n) is 6.92. The highest BCUT2D eigenvalue weighted by Gasteiger charge is 2.23. The molecule has 0 unspecified atom stereocenters. The molecule has 1 N–H and O–H groups in total. The Kier molecular flexibility index (Phi) is 14.4. The van der Waals surface area contributed by atoms with Gasteiger partial charge in [0.15, 0.2) is 0 Å². The molecule has 0 aliphatic carbocycles. The lowest BCUT2D eigenvalue weighted by Gasteiger charge is -2.27.